The fourth-order valence-electron chi connectivity index (χ4n) is 1.83. The zero-order valence-electron chi connectivity index (χ0n) is 14.9. The van der Waals surface area contributed by atoms with E-state index in [1.807, 2.05) is 54.5 Å². The monoisotopic (exact) mass is 296 g/mol. The molecular weight excluding hydrogens is 264 g/mol. The van der Waals surface area contributed by atoms with Crippen molar-refractivity contribution in [2.75, 3.05) is 0 Å². The van der Waals surface area contributed by atoms with Gasteiger partial charge in [0.2, 0.25) is 6.29 Å². The van der Waals surface area contributed by atoms with E-state index in [4.69, 9.17) is 9.47 Å². The van der Waals surface area contributed by atoms with Gasteiger partial charge in [-0.05, 0) is 40.2 Å². The molecule has 0 amide bonds. The number of hydrogen-bond acceptors (Lipinski definition) is 3. The van der Waals surface area contributed by atoms with Crippen LogP contribution in [0.4, 0.5) is 0 Å². The van der Waals surface area contributed by atoms with Gasteiger partial charge in [0.05, 0.1) is 11.7 Å². The van der Waals surface area contributed by atoms with Gasteiger partial charge in [-0.2, -0.15) is 0 Å². The molecule has 3 nitrogen and oxygen atoms in total. The highest BCUT2D eigenvalue weighted by molar-refractivity contribution is 5.91. The van der Waals surface area contributed by atoms with Gasteiger partial charge in [-0.15, -0.1) is 0 Å². The van der Waals surface area contributed by atoms with Gasteiger partial charge < -0.3 is 9.47 Å². The zero-order chi connectivity index (χ0) is 16.6. The van der Waals surface area contributed by atoms with Crippen molar-refractivity contribution in [1.29, 1.82) is 0 Å². The van der Waals surface area contributed by atoms with Crippen molar-refractivity contribution in [3.8, 4) is 0 Å². The second kappa shape index (κ2) is 9.04. The summed E-state index contributed by atoms with van der Waals surface area (Å²) in [5, 5.41) is 0. The van der Waals surface area contributed by atoms with E-state index in [0.29, 0.717) is 5.57 Å². The Kier molecular flexibility index (Phi) is 8.57. The molecule has 0 saturated heterocycles. The van der Waals surface area contributed by atoms with Gasteiger partial charge in [-0.25, -0.2) is 4.79 Å². The average Bonchev–Trinajstić information content (AvgIpc) is 2.33. The van der Waals surface area contributed by atoms with Crippen molar-refractivity contribution in [2.45, 2.75) is 80.6 Å². The first-order valence-electron chi connectivity index (χ1n) is 7.79. The predicted molar refractivity (Wildman–Crippen MR) is 88.0 cm³/mol. The van der Waals surface area contributed by atoms with Crippen LogP contribution in [-0.4, -0.2) is 18.4 Å². The number of ether oxygens (including phenoxy) is 2. The molecule has 0 rings (SSSR count). The Hall–Kier alpha value is -1.09. The Balaban J connectivity index is 4.98. The maximum atomic E-state index is 12.3. The normalized spacial score (nSPS) is 15.3. The van der Waals surface area contributed by atoms with Crippen LogP contribution in [0.15, 0.2) is 23.3 Å². The second-order valence-corrected chi connectivity index (χ2v) is 6.80. The number of esters is 1. The standard InChI is InChI=1S/C18H32O3/c1-9-11-14(5)20-17(18(6,7)8)21-16(19)15(10-2)12-13(3)4/h10,12,14,17H,9,11H2,1-8H3/b15-10+. The molecule has 0 spiro atoms. The third-order valence-electron chi connectivity index (χ3n) is 2.96. The third-order valence-corrected chi connectivity index (χ3v) is 2.96. The van der Waals surface area contributed by atoms with E-state index in [1.54, 1.807) is 6.08 Å². The minimum Gasteiger partial charge on any atom is -0.432 e. The largest absolute Gasteiger partial charge is 0.432 e. The molecule has 2 atom stereocenters. The lowest BCUT2D eigenvalue weighted by atomic mass is 9.95. The van der Waals surface area contributed by atoms with E-state index < -0.39 is 6.29 Å². The minimum absolute atomic E-state index is 0.0736. The zero-order valence-corrected chi connectivity index (χ0v) is 14.9. The Labute approximate surface area is 130 Å². The van der Waals surface area contributed by atoms with Gasteiger partial charge in [-0.1, -0.05) is 45.8 Å². The molecule has 0 aliphatic rings. The first-order chi connectivity index (χ1) is 9.61. The van der Waals surface area contributed by atoms with E-state index in [2.05, 4.69) is 6.92 Å². The molecule has 0 N–H and O–H groups in total. The Morgan fingerprint density at radius 1 is 1.24 bits per heavy atom. The van der Waals surface area contributed by atoms with Crippen LogP contribution < -0.4 is 0 Å². The smallest absolute Gasteiger partial charge is 0.340 e. The molecule has 122 valence electrons. The SMILES string of the molecule is C/C=C(\C=C(C)C)C(=O)OC(OC(C)CCC)C(C)(C)C. The molecule has 0 aliphatic heterocycles. The van der Waals surface area contributed by atoms with E-state index >= 15 is 0 Å². The van der Waals surface area contributed by atoms with Crippen molar-refractivity contribution in [3.63, 3.8) is 0 Å². The fraction of sp³-hybridized carbons (Fsp3) is 0.722. The molecule has 0 bridgehead atoms. The van der Waals surface area contributed by atoms with Crippen LogP contribution in [0.2, 0.25) is 0 Å². The quantitative estimate of drug-likeness (QED) is 0.286. The molecular formula is C18H32O3. The van der Waals surface area contributed by atoms with Crippen LogP contribution in [0.3, 0.4) is 0 Å². The summed E-state index contributed by atoms with van der Waals surface area (Å²) in [5.41, 5.74) is 1.37. The van der Waals surface area contributed by atoms with Crippen LogP contribution in [0.5, 0.6) is 0 Å². The van der Waals surface area contributed by atoms with E-state index in [0.717, 1.165) is 18.4 Å². The van der Waals surface area contributed by atoms with Crippen LogP contribution in [0.1, 0.15) is 68.2 Å². The first-order valence-corrected chi connectivity index (χ1v) is 7.79. The Morgan fingerprint density at radius 3 is 2.19 bits per heavy atom. The Bertz CT molecular complexity index is 382. The summed E-state index contributed by atoms with van der Waals surface area (Å²) in [7, 11) is 0. The minimum atomic E-state index is -0.549. The summed E-state index contributed by atoms with van der Waals surface area (Å²) in [5.74, 6) is -0.331. The summed E-state index contributed by atoms with van der Waals surface area (Å²) >= 11 is 0. The van der Waals surface area contributed by atoms with E-state index in [1.165, 1.54) is 0 Å². The number of allylic oxidation sites excluding steroid dienone is 2. The topological polar surface area (TPSA) is 35.5 Å². The third kappa shape index (κ3) is 8.05. The van der Waals surface area contributed by atoms with Crippen molar-refractivity contribution in [3.05, 3.63) is 23.3 Å². The summed E-state index contributed by atoms with van der Waals surface area (Å²) in [6, 6.07) is 0. The second-order valence-electron chi connectivity index (χ2n) is 6.80. The van der Waals surface area contributed by atoms with E-state index in [-0.39, 0.29) is 17.5 Å². The molecule has 0 heterocycles. The van der Waals surface area contributed by atoms with Crippen molar-refractivity contribution >= 4 is 5.97 Å². The lowest BCUT2D eigenvalue weighted by Gasteiger charge is -2.32. The molecule has 2 unspecified atom stereocenters. The maximum Gasteiger partial charge on any atom is 0.340 e. The lowest BCUT2D eigenvalue weighted by Crippen LogP contribution is -2.37. The fourth-order valence-corrected chi connectivity index (χ4v) is 1.83. The Morgan fingerprint density at radius 2 is 1.81 bits per heavy atom. The number of rotatable bonds is 7. The van der Waals surface area contributed by atoms with Gasteiger partial charge in [0.25, 0.3) is 0 Å². The highest BCUT2D eigenvalue weighted by Crippen LogP contribution is 2.26. The highest BCUT2D eigenvalue weighted by atomic mass is 16.7. The van der Waals surface area contributed by atoms with Gasteiger partial charge in [0.1, 0.15) is 0 Å². The molecule has 0 aromatic carbocycles. The van der Waals surface area contributed by atoms with Gasteiger partial charge in [0, 0.05) is 5.41 Å². The van der Waals surface area contributed by atoms with Gasteiger partial charge in [0.15, 0.2) is 0 Å². The van der Waals surface area contributed by atoms with Crippen LogP contribution in [0, 0.1) is 5.41 Å². The molecule has 3 heteroatoms. The van der Waals surface area contributed by atoms with Crippen LogP contribution in [0.25, 0.3) is 0 Å². The van der Waals surface area contributed by atoms with Crippen molar-refractivity contribution < 1.29 is 14.3 Å². The number of carbonyl (C=O) groups excluding carboxylic acids is 1. The molecule has 0 aliphatic carbocycles. The molecule has 0 aromatic rings. The summed E-state index contributed by atoms with van der Waals surface area (Å²) in [6.45, 7) is 15.9. The summed E-state index contributed by atoms with van der Waals surface area (Å²) in [4.78, 5) is 12.3. The van der Waals surface area contributed by atoms with Crippen LogP contribution in [-0.2, 0) is 14.3 Å². The number of hydrogen-bond donors (Lipinski definition) is 0. The van der Waals surface area contributed by atoms with E-state index in [9.17, 15) is 4.79 Å². The predicted octanol–water partition coefficient (Wildman–Crippen LogP) is 5.02. The molecule has 0 aromatic heterocycles. The summed E-state index contributed by atoms with van der Waals surface area (Å²) < 4.78 is 11.5. The maximum absolute atomic E-state index is 12.3. The average molecular weight is 296 g/mol. The summed E-state index contributed by atoms with van der Waals surface area (Å²) in [6.07, 6.45) is 5.12. The molecule has 0 fully saturated rings. The lowest BCUT2D eigenvalue weighted by molar-refractivity contribution is -0.213. The molecule has 21 heavy (non-hydrogen) atoms. The first kappa shape index (κ1) is 19.9. The van der Waals surface area contributed by atoms with Crippen molar-refractivity contribution in [2.24, 2.45) is 5.41 Å². The van der Waals surface area contributed by atoms with Crippen LogP contribution >= 0.6 is 0 Å². The highest BCUT2D eigenvalue weighted by Gasteiger charge is 2.31. The van der Waals surface area contributed by atoms with Gasteiger partial charge in [-0.3, -0.25) is 0 Å². The molecule has 0 saturated carbocycles. The van der Waals surface area contributed by atoms with Gasteiger partial charge >= 0.3 is 5.97 Å². The van der Waals surface area contributed by atoms with Crippen molar-refractivity contribution in [1.82, 2.24) is 0 Å². The molecule has 0 radical (unpaired) electrons. The number of carbonyl (C=O) groups is 1.